The molecule has 0 amide bonds. The second-order valence-corrected chi connectivity index (χ2v) is 24.6. The van der Waals surface area contributed by atoms with Gasteiger partial charge in [-0.3, -0.25) is 0 Å². The summed E-state index contributed by atoms with van der Waals surface area (Å²) in [6, 6.07) is 83.2. The van der Waals surface area contributed by atoms with Gasteiger partial charge in [-0.15, -0.1) is 11.3 Å². The van der Waals surface area contributed by atoms with E-state index in [1.807, 2.05) is 0 Å². The first kappa shape index (κ1) is 44.7. The average molecular weight is 1020 g/mol. The van der Waals surface area contributed by atoms with Crippen LogP contribution in [0.2, 0.25) is 0 Å². The van der Waals surface area contributed by atoms with Crippen molar-refractivity contribution in [3.63, 3.8) is 0 Å². The van der Waals surface area contributed by atoms with Gasteiger partial charge in [-0.1, -0.05) is 203 Å². The molecule has 0 saturated carbocycles. The van der Waals surface area contributed by atoms with Crippen LogP contribution in [0.5, 0.6) is 0 Å². The summed E-state index contributed by atoms with van der Waals surface area (Å²) in [4.78, 5) is 6.77. The van der Waals surface area contributed by atoms with Crippen molar-refractivity contribution >= 4 is 67.9 Å². The Morgan fingerprint density at radius 3 is 1.35 bits per heavy atom. The van der Waals surface area contributed by atoms with E-state index in [4.69, 9.17) is 0 Å². The van der Waals surface area contributed by atoms with Crippen molar-refractivity contribution < 1.29 is 0 Å². The molecule has 2 spiro atoms. The van der Waals surface area contributed by atoms with Crippen molar-refractivity contribution in [1.29, 1.82) is 0 Å². The lowest BCUT2D eigenvalue weighted by molar-refractivity contribution is 0.794. The Hall–Kier alpha value is -8.44. The first-order valence-corrected chi connectivity index (χ1v) is 28.9. The molecule has 4 heteroatoms. The fourth-order valence-corrected chi connectivity index (χ4v) is 17.3. The lowest BCUT2D eigenvalue weighted by Gasteiger charge is -2.44. The van der Waals surface area contributed by atoms with Crippen molar-refractivity contribution in [2.75, 3.05) is 9.80 Å². The molecule has 0 atom stereocenters. The molecular formula is C74H55BN2S. The number of aryl methyl sites for hydroxylation is 2. The van der Waals surface area contributed by atoms with Crippen LogP contribution in [0, 0.1) is 13.8 Å². The standard InChI is InChI=1S/C74H55BN2S/c1-42(2)46-28-32-48(33-29-46)76-65-40-56-54-21-11-14-24-59(54)73(57-22-12-7-17-50(57)51-18-8-13-23-58(51)73)63(56)41-64(65)75-69-66(76)38-45(6)39-67(69)77(49-34-30-47(31-35-49)43(3)4)70-68-55-36-27-44(5)37-62(55)74(71(68)78-72(70)75)60-25-15-9-19-52(60)53-20-10-16-26-61(53)74/h7-43H,1-6H3. The van der Waals surface area contributed by atoms with Gasteiger partial charge >= 0.3 is 0 Å². The molecular weight excluding hydrogens is 960 g/mol. The van der Waals surface area contributed by atoms with Crippen LogP contribution in [0.25, 0.3) is 44.5 Å². The SMILES string of the molecule is Cc1cc2c3c(c1)N(c1ccc(C(C)C)cc1)c1c(sc4c1-c1ccc(C)cc1C41c4ccccc4-c4ccccc41)B3c1cc3c(cc1N2c1ccc(C(C)C)cc1)-c1ccccc1C31c2ccccc2-c2ccccc21. The van der Waals surface area contributed by atoms with E-state index in [0.29, 0.717) is 11.8 Å². The number of rotatable bonds is 4. The van der Waals surface area contributed by atoms with Crippen LogP contribution in [-0.2, 0) is 10.8 Å². The Morgan fingerprint density at radius 1 is 0.385 bits per heavy atom. The van der Waals surface area contributed by atoms with Crippen molar-refractivity contribution in [3.8, 4) is 44.5 Å². The molecule has 0 fully saturated rings. The zero-order chi connectivity index (χ0) is 52.1. The summed E-state index contributed by atoms with van der Waals surface area (Å²) >= 11 is 2.09. The van der Waals surface area contributed by atoms with E-state index >= 15 is 0 Å². The van der Waals surface area contributed by atoms with Crippen LogP contribution in [0.1, 0.15) is 106 Å². The molecule has 17 rings (SSSR count). The van der Waals surface area contributed by atoms with Crippen LogP contribution in [0.15, 0.2) is 212 Å². The van der Waals surface area contributed by atoms with Gasteiger partial charge in [0.25, 0.3) is 6.71 Å². The van der Waals surface area contributed by atoms with Crippen LogP contribution in [-0.4, -0.2) is 6.71 Å². The molecule has 11 aromatic rings. The van der Waals surface area contributed by atoms with Crippen LogP contribution in [0.3, 0.4) is 0 Å². The molecule has 6 aliphatic rings. The maximum Gasteiger partial charge on any atom is 0.264 e. The van der Waals surface area contributed by atoms with Gasteiger partial charge in [-0.05, 0) is 174 Å². The summed E-state index contributed by atoms with van der Waals surface area (Å²) in [7, 11) is 0. The highest BCUT2D eigenvalue weighted by Gasteiger charge is 2.58. The van der Waals surface area contributed by atoms with Crippen molar-refractivity contribution in [3.05, 3.63) is 278 Å². The second kappa shape index (κ2) is 15.6. The number of hydrogen-bond acceptors (Lipinski definition) is 3. The summed E-state index contributed by atoms with van der Waals surface area (Å²) in [6.07, 6.45) is 0. The van der Waals surface area contributed by atoms with Crippen LogP contribution >= 0.6 is 11.3 Å². The number of benzene rings is 10. The molecule has 0 radical (unpaired) electrons. The average Bonchev–Trinajstić information content (AvgIpc) is 2.10. The van der Waals surface area contributed by atoms with E-state index in [0.717, 1.165) is 0 Å². The molecule has 0 N–H and O–H groups in total. The Balaban J connectivity index is 1.03. The van der Waals surface area contributed by atoms with E-state index in [1.165, 1.54) is 160 Å². The predicted molar refractivity (Wildman–Crippen MR) is 329 cm³/mol. The monoisotopic (exact) mass is 1010 g/mol. The minimum atomic E-state index is -0.495. The zero-order valence-corrected chi connectivity index (χ0v) is 45.6. The number of thiophene rings is 1. The summed E-state index contributed by atoms with van der Waals surface area (Å²) in [5.41, 5.74) is 34.7. The number of anilines is 6. The van der Waals surface area contributed by atoms with Crippen LogP contribution < -0.4 is 25.5 Å². The van der Waals surface area contributed by atoms with Gasteiger partial charge in [-0.2, -0.15) is 0 Å². The van der Waals surface area contributed by atoms with Gasteiger partial charge in [0, 0.05) is 43.7 Å². The lowest BCUT2D eigenvalue weighted by atomic mass is 9.35. The van der Waals surface area contributed by atoms with E-state index < -0.39 is 10.8 Å². The Morgan fingerprint density at radius 2 is 0.833 bits per heavy atom. The Kier molecular flexibility index (Phi) is 8.94. The third kappa shape index (κ3) is 5.39. The third-order valence-electron chi connectivity index (χ3n) is 18.9. The quantitative estimate of drug-likeness (QED) is 0.162. The zero-order valence-electron chi connectivity index (χ0n) is 44.7. The summed E-state index contributed by atoms with van der Waals surface area (Å²) in [5.74, 6) is 0.833. The first-order valence-electron chi connectivity index (χ1n) is 28.1. The van der Waals surface area contributed by atoms with E-state index in [-0.39, 0.29) is 6.71 Å². The highest BCUT2D eigenvalue weighted by molar-refractivity contribution is 7.30. The van der Waals surface area contributed by atoms with E-state index in [1.54, 1.807) is 0 Å². The molecule has 0 saturated heterocycles. The van der Waals surface area contributed by atoms with Crippen LogP contribution in [0.4, 0.5) is 34.1 Å². The molecule has 0 bridgehead atoms. The Bertz CT molecular complexity index is 4350. The van der Waals surface area contributed by atoms with Crippen molar-refractivity contribution in [2.24, 2.45) is 0 Å². The summed E-state index contributed by atoms with van der Waals surface area (Å²) < 4.78 is 1.41. The smallest absolute Gasteiger partial charge is 0.264 e. The molecule has 1 aromatic heterocycles. The van der Waals surface area contributed by atoms with Gasteiger partial charge < -0.3 is 9.80 Å². The topological polar surface area (TPSA) is 6.48 Å². The third-order valence-corrected chi connectivity index (χ3v) is 20.3. The molecule has 4 aliphatic carbocycles. The first-order chi connectivity index (χ1) is 38.2. The van der Waals surface area contributed by atoms with Gasteiger partial charge in [-0.25, -0.2) is 0 Å². The fourth-order valence-electron chi connectivity index (χ4n) is 15.7. The maximum absolute atomic E-state index is 2.71. The summed E-state index contributed by atoms with van der Waals surface area (Å²) in [5, 5.41) is 0. The van der Waals surface area contributed by atoms with E-state index in [2.05, 4.69) is 275 Å². The molecule has 370 valence electrons. The van der Waals surface area contributed by atoms with Gasteiger partial charge in [0.1, 0.15) is 0 Å². The van der Waals surface area contributed by atoms with Crippen molar-refractivity contribution in [2.45, 2.75) is 64.2 Å². The highest BCUT2D eigenvalue weighted by atomic mass is 32.1. The maximum atomic E-state index is 2.71. The number of nitrogens with zero attached hydrogens (tertiary/aromatic N) is 2. The minimum Gasteiger partial charge on any atom is -0.311 e. The highest BCUT2D eigenvalue weighted by Crippen LogP contribution is 2.68. The molecule has 2 aliphatic heterocycles. The normalized spacial score (nSPS) is 15.2. The molecule has 2 nitrogen and oxygen atoms in total. The second-order valence-electron chi connectivity index (χ2n) is 23.6. The lowest BCUT2D eigenvalue weighted by Crippen LogP contribution is -2.60. The molecule has 10 aromatic carbocycles. The number of hydrogen-bond donors (Lipinski definition) is 0. The molecule has 78 heavy (non-hydrogen) atoms. The largest absolute Gasteiger partial charge is 0.311 e. The minimum absolute atomic E-state index is 0.0793. The van der Waals surface area contributed by atoms with E-state index in [9.17, 15) is 0 Å². The summed E-state index contributed by atoms with van der Waals surface area (Å²) in [6.45, 7) is 13.7. The van der Waals surface area contributed by atoms with Gasteiger partial charge in [0.15, 0.2) is 0 Å². The predicted octanol–water partition coefficient (Wildman–Crippen LogP) is 17.4. The van der Waals surface area contributed by atoms with Crippen molar-refractivity contribution in [1.82, 2.24) is 0 Å². The fraction of sp³-hybridized carbons (Fsp3) is 0.135. The Labute approximate surface area is 462 Å². The molecule has 3 heterocycles. The van der Waals surface area contributed by atoms with Gasteiger partial charge in [0.05, 0.1) is 16.5 Å². The van der Waals surface area contributed by atoms with Gasteiger partial charge in [0.2, 0.25) is 0 Å². The molecule has 0 unspecified atom stereocenters. The number of fused-ring (bicyclic) bond motifs is 25.